The van der Waals surface area contributed by atoms with Crippen molar-refractivity contribution in [3.8, 4) is 0 Å². The van der Waals surface area contributed by atoms with Gasteiger partial charge in [-0.25, -0.2) is 72.7 Å². The number of benzene rings is 5. The third kappa shape index (κ3) is 3.98. The number of fused-ring (bicyclic) bond motifs is 12. The summed E-state index contributed by atoms with van der Waals surface area (Å²) < 4.78 is 189. The number of nitrogens with zero attached hydrogens (tertiary/aromatic N) is 7. The molecule has 280 valence electrons. The van der Waals surface area contributed by atoms with Crippen LogP contribution in [0.4, 0.5) is 75.7 Å². The van der Waals surface area contributed by atoms with Crippen molar-refractivity contribution in [2.24, 2.45) is 20.0 Å². The van der Waals surface area contributed by atoms with Crippen molar-refractivity contribution >= 4 is 75.1 Å². The lowest BCUT2D eigenvalue weighted by Gasteiger charge is -2.38. The molecule has 6 heterocycles. The summed E-state index contributed by atoms with van der Waals surface area (Å²) in [6, 6.07) is 12.8. The Morgan fingerprint density at radius 2 is 0.807 bits per heavy atom. The number of aromatic nitrogens is 2. The Morgan fingerprint density at radius 3 is 1.32 bits per heavy atom. The number of para-hydroxylation sites is 2. The van der Waals surface area contributed by atoms with Gasteiger partial charge in [0.05, 0.1) is 32.7 Å². The van der Waals surface area contributed by atoms with Gasteiger partial charge in [0, 0.05) is 21.2 Å². The van der Waals surface area contributed by atoms with E-state index in [2.05, 4.69) is 20.0 Å². The Kier molecular flexibility index (Phi) is 6.57. The van der Waals surface area contributed by atoms with Crippen molar-refractivity contribution in [1.82, 2.24) is 8.96 Å². The number of hydrogen-bond donors (Lipinski definition) is 0. The van der Waals surface area contributed by atoms with Gasteiger partial charge in [-0.3, -0.25) is 0 Å². The van der Waals surface area contributed by atoms with Gasteiger partial charge in [-0.1, -0.05) is 36.0 Å². The molecule has 0 spiro atoms. The molecule has 0 N–H and O–H groups in total. The molecule has 4 aliphatic rings. The summed E-state index contributed by atoms with van der Waals surface area (Å²) in [6.45, 7) is 0. The van der Waals surface area contributed by atoms with E-state index in [0.29, 0.717) is 9.79 Å². The maximum absolute atomic E-state index is 16.2. The van der Waals surface area contributed by atoms with Crippen LogP contribution in [0.15, 0.2) is 78.3 Å². The van der Waals surface area contributed by atoms with E-state index in [1.165, 1.54) is 16.6 Å². The maximum Gasteiger partial charge on any atom is 0.523 e. The fourth-order valence-electron chi connectivity index (χ4n) is 7.72. The molecule has 0 unspecified atom stereocenters. The molecule has 0 aliphatic carbocycles. The van der Waals surface area contributed by atoms with E-state index < -0.39 is 144 Å². The van der Waals surface area contributed by atoms with Gasteiger partial charge in [-0.2, -0.15) is 0 Å². The number of anilines is 2. The molecular formula is C36H8BF12N7S. The monoisotopic (exact) mass is 809 g/mol. The van der Waals surface area contributed by atoms with Gasteiger partial charge in [-0.05, 0) is 24.3 Å². The van der Waals surface area contributed by atoms with E-state index in [-0.39, 0.29) is 11.4 Å². The number of halogens is 12. The summed E-state index contributed by atoms with van der Waals surface area (Å²) in [5.41, 5.74) is -3.90. The van der Waals surface area contributed by atoms with E-state index in [0.717, 1.165) is 8.96 Å². The third-order valence-electron chi connectivity index (χ3n) is 10.1. The highest BCUT2D eigenvalue weighted by Gasteiger charge is 2.48. The van der Waals surface area contributed by atoms with Crippen LogP contribution in [0.25, 0.3) is 21.5 Å². The van der Waals surface area contributed by atoms with E-state index >= 15 is 43.9 Å². The van der Waals surface area contributed by atoms with Crippen LogP contribution < -0.4 is 15.8 Å². The lowest BCUT2D eigenvalue weighted by Crippen LogP contribution is -2.58. The summed E-state index contributed by atoms with van der Waals surface area (Å²) in [7, 11) is -1.94. The fourth-order valence-corrected chi connectivity index (χ4v) is 8.79. The first-order valence-electron chi connectivity index (χ1n) is 16.2. The van der Waals surface area contributed by atoms with E-state index in [1.807, 2.05) is 0 Å². The van der Waals surface area contributed by atoms with Crippen LogP contribution in [0.5, 0.6) is 0 Å². The van der Waals surface area contributed by atoms with Gasteiger partial charge in [-0.15, -0.1) is 0 Å². The lowest BCUT2D eigenvalue weighted by molar-refractivity contribution is 0.407. The molecule has 5 aromatic carbocycles. The van der Waals surface area contributed by atoms with Crippen LogP contribution in [0.1, 0.15) is 11.1 Å². The summed E-state index contributed by atoms with van der Waals surface area (Å²) in [5, 5.41) is -4.79. The third-order valence-corrected chi connectivity index (χ3v) is 11.2. The van der Waals surface area contributed by atoms with Crippen LogP contribution >= 0.6 is 11.8 Å². The second-order valence-electron chi connectivity index (χ2n) is 12.9. The minimum absolute atomic E-state index is 0.253. The molecule has 0 fully saturated rings. The quantitative estimate of drug-likeness (QED) is 0.0722. The van der Waals surface area contributed by atoms with Gasteiger partial charge in [0.1, 0.15) is 22.6 Å². The Morgan fingerprint density at radius 1 is 0.404 bits per heavy atom. The van der Waals surface area contributed by atoms with Crippen LogP contribution in [0, 0.1) is 69.8 Å². The predicted molar refractivity (Wildman–Crippen MR) is 180 cm³/mol. The summed E-state index contributed by atoms with van der Waals surface area (Å²) in [5.74, 6) is -31.0. The van der Waals surface area contributed by atoms with Gasteiger partial charge >= 0.3 is 7.12 Å². The molecule has 0 amide bonds. The molecule has 7 nitrogen and oxygen atoms in total. The standard InChI is InChI=1S/C36H8BF12N7S/c38-19-13-14(20(39)26(45)25(19)44)32-50-31(13)51-33-15-17(23(42)29(48)27(46)21(15)40)35-53-36-18-16(22(41)28(47)30(49)24(18)43)34(52-32)56(36)37(55(33)35)54-9-5-1-3-7-11(9)57-12-8-4-2-6-10(12)54/h1-8H. The van der Waals surface area contributed by atoms with E-state index in [4.69, 9.17) is 0 Å². The van der Waals surface area contributed by atoms with Gasteiger partial charge in [0.25, 0.3) is 0 Å². The maximum atomic E-state index is 16.2. The van der Waals surface area contributed by atoms with Gasteiger partial charge in [0.15, 0.2) is 81.5 Å². The molecule has 4 aliphatic heterocycles. The summed E-state index contributed by atoms with van der Waals surface area (Å²) >= 11 is 1.24. The van der Waals surface area contributed by atoms with Crippen LogP contribution in [0.2, 0.25) is 0 Å². The minimum Gasteiger partial charge on any atom is -0.343 e. The Labute approximate surface area is 311 Å². The normalized spacial score (nSPS) is 14.7. The highest BCUT2D eigenvalue weighted by atomic mass is 32.2. The second kappa shape index (κ2) is 11.1. The molecular weight excluding hydrogens is 801 g/mol. The molecule has 2 aromatic heterocycles. The molecule has 57 heavy (non-hydrogen) atoms. The van der Waals surface area contributed by atoms with E-state index in [1.54, 1.807) is 48.5 Å². The molecule has 11 rings (SSSR count). The van der Waals surface area contributed by atoms with Gasteiger partial charge < -0.3 is 13.8 Å². The number of rotatable bonds is 1. The molecule has 0 atom stereocenters. The molecule has 7 aromatic rings. The SMILES string of the molecule is Fc1c(F)c(F)c2c(c1F)C1=NC2=Nc2c3c(F)c(F)c(F)c(F)c3c3n2B(N2c4ccccc4Sc4ccccc42)n2c(c4c(F)c(F)c(F)c(F)c4c2=N3)=N1. The zero-order valence-corrected chi connectivity index (χ0v) is 28.1. The molecule has 4 bridgehead atoms. The molecule has 0 saturated carbocycles. The largest absolute Gasteiger partial charge is 0.523 e. The van der Waals surface area contributed by atoms with Crippen LogP contribution in [-0.2, 0) is 0 Å². The molecule has 0 saturated heterocycles. The minimum atomic E-state index is -2.38. The topological polar surface area (TPSA) is 62.5 Å². The first kappa shape index (κ1) is 33.8. The predicted octanol–water partition coefficient (Wildman–Crippen LogP) is 8.69. The Hall–Kier alpha value is -6.51. The average molecular weight is 809 g/mol. The first-order valence-corrected chi connectivity index (χ1v) is 17.1. The molecule has 21 heteroatoms. The van der Waals surface area contributed by atoms with E-state index in [9.17, 15) is 8.78 Å². The van der Waals surface area contributed by atoms with Crippen molar-refractivity contribution in [1.29, 1.82) is 0 Å². The molecule has 0 radical (unpaired) electrons. The number of aliphatic imine (C=N–C) groups is 2. The van der Waals surface area contributed by atoms with Crippen molar-refractivity contribution in [3.05, 3.63) is 140 Å². The fraction of sp³-hybridized carbons (Fsp3) is 0. The highest BCUT2D eigenvalue weighted by Crippen LogP contribution is 2.51. The van der Waals surface area contributed by atoms with Crippen LogP contribution in [-0.4, -0.2) is 27.7 Å². The van der Waals surface area contributed by atoms with Crippen LogP contribution in [0.3, 0.4) is 0 Å². The number of hydrogen-bond acceptors (Lipinski definition) is 6. The Balaban J connectivity index is 1.47. The highest BCUT2D eigenvalue weighted by molar-refractivity contribution is 7.99. The number of amidine groups is 2. The summed E-state index contributed by atoms with van der Waals surface area (Å²) in [6.07, 6.45) is 0. The zero-order valence-electron chi connectivity index (χ0n) is 27.3. The first-order chi connectivity index (χ1) is 27.3. The van der Waals surface area contributed by atoms with Crippen molar-refractivity contribution in [2.45, 2.75) is 9.79 Å². The Bertz CT molecular complexity index is 3300. The average Bonchev–Trinajstić information content (AvgIpc) is 3.85. The lowest BCUT2D eigenvalue weighted by atomic mass is 9.85. The van der Waals surface area contributed by atoms with Crippen molar-refractivity contribution in [2.75, 3.05) is 4.81 Å². The van der Waals surface area contributed by atoms with Gasteiger partial charge in [0.2, 0.25) is 0 Å². The summed E-state index contributed by atoms with van der Waals surface area (Å²) in [4.78, 5) is 18.7. The van der Waals surface area contributed by atoms with Crippen molar-refractivity contribution in [3.63, 3.8) is 0 Å². The smallest absolute Gasteiger partial charge is 0.343 e. The zero-order chi connectivity index (χ0) is 39.7. The van der Waals surface area contributed by atoms with Crippen molar-refractivity contribution < 1.29 is 52.7 Å². The second-order valence-corrected chi connectivity index (χ2v) is 14.0.